The van der Waals surface area contributed by atoms with Gasteiger partial charge in [0, 0.05) is 17.8 Å². The van der Waals surface area contributed by atoms with Crippen LogP contribution in [-0.4, -0.2) is 18.0 Å². The highest BCUT2D eigenvalue weighted by Crippen LogP contribution is 2.25. The van der Waals surface area contributed by atoms with Gasteiger partial charge in [-0.05, 0) is 45.2 Å². The van der Waals surface area contributed by atoms with Crippen LogP contribution >= 0.6 is 0 Å². The third kappa shape index (κ3) is 3.30. The molecule has 4 heteroatoms. The maximum atomic E-state index is 12.4. The van der Waals surface area contributed by atoms with Crippen molar-refractivity contribution in [1.29, 1.82) is 5.26 Å². The van der Waals surface area contributed by atoms with Crippen molar-refractivity contribution in [2.45, 2.75) is 45.2 Å². The van der Waals surface area contributed by atoms with Crippen molar-refractivity contribution in [3.05, 3.63) is 29.8 Å². The Labute approximate surface area is 120 Å². The van der Waals surface area contributed by atoms with Gasteiger partial charge in [0.05, 0.1) is 17.6 Å². The monoisotopic (exact) mass is 271 g/mol. The lowest BCUT2D eigenvalue weighted by atomic mass is 10.0. The van der Waals surface area contributed by atoms with E-state index in [4.69, 9.17) is 5.26 Å². The van der Waals surface area contributed by atoms with Crippen LogP contribution in [0.25, 0.3) is 0 Å². The van der Waals surface area contributed by atoms with E-state index in [0.29, 0.717) is 5.56 Å². The van der Waals surface area contributed by atoms with Crippen molar-refractivity contribution in [3.8, 4) is 6.07 Å². The molecule has 1 aromatic carbocycles. The largest absolute Gasteiger partial charge is 0.382 e. The number of rotatable bonds is 4. The first kappa shape index (κ1) is 14.4. The van der Waals surface area contributed by atoms with Crippen LogP contribution < -0.4 is 10.6 Å². The molecule has 106 valence electrons. The fourth-order valence-corrected chi connectivity index (χ4v) is 2.65. The Morgan fingerprint density at radius 2 is 2.10 bits per heavy atom. The second-order valence-electron chi connectivity index (χ2n) is 5.59. The SMILES string of the molecule is CC(C)Nc1ccccc1C(=O)NC1CCCC1C#N. The average molecular weight is 271 g/mol. The van der Waals surface area contributed by atoms with Gasteiger partial charge < -0.3 is 10.6 Å². The highest BCUT2D eigenvalue weighted by atomic mass is 16.1. The molecule has 0 radical (unpaired) electrons. The Morgan fingerprint density at radius 1 is 1.35 bits per heavy atom. The number of nitrogens with one attached hydrogen (secondary N) is 2. The summed E-state index contributed by atoms with van der Waals surface area (Å²) >= 11 is 0. The van der Waals surface area contributed by atoms with Crippen molar-refractivity contribution in [3.63, 3.8) is 0 Å². The minimum atomic E-state index is -0.0964. The van der Waals surface area contributed by atoms with Gasteiger partial charge in [0.1, 0.15) is 0 Å². The molecule has 0 aliphatic heterocycles. The summed E-state index contributed by atoms with van der Waals surface area (Å²) in [6, 6.07) is 10.0. The fraction of sp³-hybridized carbons (Fsp3) is 0.500. The number of carbonyl (C=O) groups excluding carboxylic acids is 1. The summed E-state index contributed by atoms with van der Waals surface area (Å²) in [5, 5.41) is 15.4. The molecule has 20 heavy (non-hydrogen) atoms. The Bertz CT molecular complexity index is 519. The summed E-state index contributed by atoms with van der Waals surface area (Å²) in [4.78, 5) is 12.4. The fourth-order valence-electron chi connectivity index (χ4n) is 2.65. The molecule has 0 saturated heterocycles. The average Bonchev–Trinajstić information content (AvgIpc) is 2.85. The number of amides is 1. The topological polar surface area (TPSA) is 64.9 Å². The van der Waals surface area contributed by atoms with E-state index in [2.05, 4.69) is 16.7 Å². The van der Waals surface area contributed by atoms with Crippen molar-refractivity contribution in [2.24, 2.45) is 5.92 Å². The molecule has 2 rings (SSSR count). The summed E-state index contributed by atoms with van der Waals surface area (Å²) in [5.74, 6) is -0.148. The van der Waals surface area contributed by atoms with Crippen LogP contribution in [0.2, 0.25) is 0 Å². The summed E-state index contributed by atoms with van der Waals surface area (Å²) in [7, 11) is 0. The molecule has 1 aromatic rings. The lowest BCUT2D eigenvalue weighted by molar-refractivity contribution is 0.0933. The number of carbonyl (C=O) groups is 1. The number of hydrogen-bond acceptors (Lipinski definition) is 3. The van der Waals surface area contributed by atoms with Crippen LogP contribution in [0.15, 0.2) is 24.3 Å². The van der Waals surface area contributed by atoms with E-state index in [9.17, 15) is 4.79 Å². The Morgan fingerprint density at radius 3 is 2.80 bits per heavy atom. The first-order chi connectivity index (χ1) is 9.61. The van der Waals surface area contributed by atoms with Crippen LogP contribution in [0.1, 0.15) is 43.5 Å². The molecule has 0 spiro atoms. The number of nitrogens with zero attached hydrogens (tertiary/aromatic N) is 1. The third-order valence-corrected chi connectivity index (χ3v) is 3.61. The zero-order valence-electron chi connectivity index (χ0n) is 12.0. The number of benzene rings is 1. The molecule has 0 bridgehead atoms. The van der Waals surface area contributed by atoms with Gasteiger partial charge in [0.2, 0.25) is 0 Å². The quantitative estimate of drug-likeness (QED) is 0.885. The predicted molar refractivity (Wildman–Crippen MR) is 79.4 cm³/mol. The van der Waals surface area contributed by atoms with E-state index in [1.165, 1.54) is 0 Å². The summed E-state index contributed by atoms with van der Waals surface area (Å²) in [6.07, 6.45) is 2.78. The Balaban J connectivity index is 2.11. The number of nitriles is 1. The second-order valence-corrected chi connectivity index (χ2v) is 5.59. The molecule has 1 amide bonds. The first-order valence-corrected chi connectivity index (χ1v) is 7.18. The Kier molecular flexibility index (Phi) is 4.62. The van der Waals surface area contributed by atoms with Crippen molar-refractivity contribution >= 4 is 11.6 Å². The van der Waals surface area contributed by atoms with Crippen molar-refractivity contribution in [2.75, 3.05) is 5.32 Å². The molecule has 0 aromatic heterocycles. The van der Waals surface area contributed by atoms with E-state index >= 15 is 0 Å². The van der Waals surface area contributed by atoms with Gasteiger partial charge in [-0.2, -0.15) is 5.26 Å². The summed E-state index contributed by atoms with van der Waals surface area (Å²) in [5.41, 5.74) is 1.48. The Hall–Kier alpha value is -2.02. The van der Waals surface area contributed by atoms with E-state index < -0.39 is 0 Å². The molecular weight excluding hydrogens is 250 g/mol. The van der Waals surface area contributed by atoms with Crippen molar-refractivity contribution < 1.29 is 4.79 Å². The van der Waals surface area contributed by atoms with Gasteiger partial charge in [0.25, 0.3) is 5.91 Å². The van der Waals surface area contributed by atoms with Gasteiger partial charge in [-0.25, -0.2) is 0 Å². The first-order valence-electron chi connectivity index (χ1n) is 7.18. The van der Waals surface area contributed by atoms with Crippen molar-refractivity contribution in [1.82, 2.24) is 5.32 Å². The smallest absolute Gasteiger partial charge is 0.253 e. The molecule has 1 saturated carbocycles. The van der Waals surface area contributed by atoms with Crippen LogP contribution in [0.5, 0.6) is 0 Å². The van der Waals surface area contributed by atoms with Crippen LogP contribution in [0, 0.1) is 17.2 Å². The molecule has 1 aliphatic carbocycles. The normalized spacial score (nSPS) is 21.5. The number of hydrogen-bond donors (Lipinski definition) is 2. The highest BCUT2D eigenvalue weighted by Gasteiger charge is 2.29. The summed E-state index contributed by atoms with van der Waals surface area (Å²) in [6.45, 7) is 4.08. The van der Waals surface area contributed by atoms with E-state index in [0.717, 1.165) is 24.9 Å². The van der Waals surface area contributed by atoms with Gasteiger partial charge in [-0.3, -0.25) is 4.79 Å². The van der Waals surface area contributed by atoms with Gasteiger partial charge >= 0.3 is 0 Å². The minimum absolute atomic E-state index is 0.0143. The minimum Gasteiger partial charge on any atom is -0.382 e. The maximum Gasteiger partial charge on any atom is 0.253 e. The zero-order valence-corrected chi connectivity index (χ0v) is 12.0. The zero-order chi connectivity index (χ0) is 14.5. The second kappa shape index (κ2) is 6.42. The third-order valence-electron chi connectivity index (χ3n) is 3.61. The van der Waals surface area contributed by atoms with E-state index in [1.807, 2.05) is 38.1 Å². The highest BCUT2D eigenvalue weighted by molar-refractivity contribution is 5.99. The molecule has 0 heterocycles. The number of anilines is 1. The van der Waals surface area contributed by atoms with Crippen LogP contribution in [-0.2, 0) is 0 Å². The molecule has 4 nitrogen and oxygen atoms in total. The molecule has 2 N–H and O–H groups in total. The van der Waals surface area contributed by atoms with E-state index in [1.54, 1.807) is 0 Å². The molecule has 1 aliphatic rings. The standard InChI is InChI=1S/C16H21N3O/c1-11(2)18-15-8-4-3-7-13(15)16(20)19-14-9-5-6-12(14)10-17/h3-4,7-8,11-12,14,18H,5-6,9H2,1-2H3,(H,19,20). The molecule has 2 atom stereocenters. The van der Waals surface area contributed by atoms with Crippen LogP contribution in [0.3, 0.4) is 0 Å². The van der Waals surface area contributed by atoms with Gasteiger partial charge in [0.15, 0.2) is 0 Å². The van der Waals surface area contributed by atoms with Gasteiger partial charge in [-0.15, -0.1) is 0 Å². The van der Waals surface area contributed by atoms with Crippen LogP contribution in [0.4, 0.5) is 5.69 Å². The lowest BCUT2D eigenvalue weighted by Crippen LogP contribution is -2.37. The summed E-state index contributed by atoms with van der Waals surface area (Å²) < 4.78 is 0. The lowest BCUT2D eigenvalue weighted by Gasteiger charge is -2.18. The molecule has 1 fully saturated rings. The number of para-hydroxylation sites is 1. The predicted octanol–water partition coefficient (Wildman–Crippen LogP) is 2.93. The molecular formula is C16H21N3O. The van der Waals surface area contributed by atoms with E-state index in [-0.39, 0.29) is 23.9 Å². The van der Waals surface area contributed by atoms with Gasteiger partial charge in [-0.1, -0.05) is 12.1 Å². The maximum absolute atomic E-state index is 12.4. The molecule has 2 unspecified atom stereocenters.